The summed E-state index contributed by atoms with van der Waals surface area (Å²) in [7, 11) is 3.07. The molecule has 1 heterocycles. The molecule has 0 saturated carbocycles. The fraction of sp³-hybridized carbons (Fsp3) is 0.619. The number of carboxylic acid groups (broad SMARTS) is 1. The molecule has 156 valence electrons. The summed E-state index contributed by atoms with van der Waals surface area (Å²) in [5.41, 5.74) is 0.806. The predicted octanol–water partition coefficient (Wildman–Crippen LogP) is 3.73. The number of hydrogen-bond acceptors (Lipinski definition) is 4. The zero-order valence-corrected chi connectivity index (χ0v) is 17.0. The number of methoxy groups -OCH3 is 2. The molecule has 2 amide bonds. The van der Waals surface area contributed by atoms with Crippen LogP contribution in [0.3, 0.4) is 0 Å². The number of carbonyl (C=O) groups is 2. The molecule has 1 aliphatic rings. The van der Waals surface area contributed by atoms with Crippen molar-refractivity contribution in [1.29, 1.82) is 0 Å². The topological polar surface area (TPSA) is 79.3 Å². The van der Waals surface area contributed by atoms with E-state index >= 15 is 0 Å². The Hall–Kier alpha value is -2.12. The van der Waals surface area contributed by atoms with E-state index in [2.05, 4.69) is 6.92 Å². The number of amides is 2. The number of hydrogen-bond donors (Lipinski definition) is 1. The maximum Gasteiger partial charge on any atom is 0.408 e. The first-order valence-corrected chi connectivity index (χ1v) is 9.96. The van der Waals surface area contributed by atoms with Crippen molar-refractivity contribution in [1.82, 2.24) is 4.90 Å². The van der Waals surface area contributed by atoms with Crippen molar-refractivity contribution in [3.05, 3.63) is 30.3 Å². The summed E-state index contributed by atoms with van der Waals surface area (Å²) in [6, 6.07) is 8.47. The van der Waals surface area contributed by atoms with Crippen LogP contribution in [0, 0.1) is 0 Å². The SMILES string of the molecule is CCCCN(C(=O)C1CCCC(CC(OC)OC)N1C(=O)O)c1ccccc1. The van der Waals surface area contributed by atoms with Crippen molar-refractivity contribution >= 4 is 17.7 Å². The van der Waals surface area contributed by atoms with E-state index in [1.54, 1.807) is 4.90 Å². The third kappa shape index (κ3) is 5.45. The number of carbonyl (C=O) groups excluding carboxylic acids is 1. The fourth-order valence-electron chi connectivity index (χ4n) is 3.82. The average Bonchev–Trinajstić information content (AvgIpc) is 2.72. The van der Waals surface area contributed by atoms with Gasteiger partial charge >= 0.3 is 6.09 Å². The van der Waals surface area contributed by atoms with Crippen molar-refractivity contribution in [2.45, 2.75) is 63.8 Å². The molecule has 1 fully saturated rings. The normalized spacial score (nSPS) is 19.6. The number of rotatable bonds is 9. The summed E-state index contributed by atoms with van der Waals surface area (Å²) >= 11 is 0. The minimum Gasteiger partial charge on any atom is -0.465 e. The highest BCUT2D eigenvalue weighted by molar-refractivity contribution is 5.98. The predicted molar refractivity (Wildman–Crippen MR) is 107 cm³/mol. The van der Waals surface area contributed by atoms with E-state index in [1.165, 1.54) is 19.1 Å². The Bertz CT molecular complexity index is 620. The molecule has 7 nitrogen and oxygen atoms in total. The first-order valence-electron chi connectivity index (χ1n) is 9.96. The van der Waals surface area contributed by atoms with Gasteiger partial charge in [-0.1, -0.05) is 31.5 Å². The maximum atomic E-state index is 13.4. The van der Waals surface area contributed by atoms with Gasteiger partial charge in [0.15, 0.2) is 6.29 Å². The molecule has 0 aromatic heterocycles. The molecule has 2 rings (SSSR count). The van der Waals surface area contributed by atoms with Crippen molar-refractivity contribution in [2.75, 3.05) is 25.7 Å². The second-order valence-corrected chi connectivity index (χ2v) is 7.11. The van der Waals surface area contributed by atoms with Gasteiger partial charge < -0.3 is 19.5 Å². The van der Waals surface area contributed by atoms with Crippen LogP contribution in [-0.2, 0) is 14.3 Å². The van der Waals surface area contributed by atoms with Gasteiger partial charge in [0, 0.05) is 38.9 Å². The quantitative estimate of drug-likeness (QED) is 0.648. The summed E-state index contributed by atoms with van der Waals surface area (Å²) < 4.78 is 10.5. The Morgan fingerprint density at radius 1 is 1.21 bits per heavy atom. The van der Waals surface area contributed by atoms with Crippen molar-refractivity contribution in [3.63, 3.8) is 0 Å². The Balaban J connectivity index is 2.27. The summed E-state index contributed by atoms with van der Waals surface area (Å²) in [6.45, 7) is 2.65. The zero-order chi connectivity index (χ0) is 20.5. The third-order valence-electron chi connectivity index (χ3n) is 5.31. The highest BCUT2D eigenvalue weighted by Gasteiger charge is 2.41. The standard InChI is InChI=1S/C21H32N2O5/c1-4-5-14-22(16-10-7-6-8-11-16)20(24)18-13-9-12-17(23(18)21(25)26)15-19(27-2)28-3/h6-8,10-11,17-19H,4-5,9,12-15H2,1-3H3,(H,25,26). The summed E-state index contributed by atoms with van der Waals surface area (Å²) in [5.74, 6) is -0.155. The van der Waals surface area contributed by atoms with Crippen LogP contribution in [0.1, 0.15) is 45.4 Å². The van der Waals surface area contributed by atoms with Crippen LogP contribution in [0.4, 0.5) is 10.5 Å². The Morgan fingerprint density at radius 3 is 2.46 bits per heavy atom. The maximum absolute atomic E-state index is 13.4. The second kappa shape index (κ2) is 11.0. The Labute approximate surface area is 167 Å². The first-order chi connectivity index (χ1) is 13.5. The van der Waals surface area contributed by atoms with Crippen molar-refractivity contribution in [3.8, 4) is 0 Å². The van der Waals surface area contributed by atoms with Gasteiger partial charge in [-0.25, -0.2) is 4.79 Å². The van der Waals surface area contributed by atoms with Gasteiger partial charge in [0.2, 0.25) is 5.91 Å². The molecule has 0 bridgehead atoms. The Morgan fingerprint density at radius 2 is 1.89 bits per heavy atom. The van der Waals surface area contributed by atoms with Crippen LogP contribution >= 0.6 is 0 Å². The smallest absolute Gasteiger partial charge is 0.408 e. The lowest BCUT2D eigenvalue weighted by molar-refractivity contribution is -0.132. The third-order valence-corrected chi connectivity index (χ3v) is 5.31. The van der Waals surface area contributed by atoms with Gasteiger partial charge in [0.1, 0.15) is 6.04 Å². The number of benzene rings is 1. The largest absolute Gasteiger partial charge is 0.465 e. The van der Waals surface area contributed by atoms with Crippen LogP contribution in [0.15, 0.2) is 30.3 Å². The summed E-state index contributed by atoms with van der Waals surface area (Å²) in [6.07, 6.45) is 2.67. The minimum absolute atomic E-state index is 0.155. The number of unbranched alkanes of at least 4 members (excludes halogenated alkanes) is 1. The molecular weight excluding hydrogens is 360 g/mol. The molecule has 28 heavy (non-hydrogen) atoms. The van der Waals surface area contributed by atoms with E-state index in [1.807, 2.05) is 30.3 Å². The molecule has 0 aliphatic carbocycles. The van der Waals surface area contributed by atoms with E-state index < -0.39 is 18.4 Å². The molecule has 0 spiro atoms. The molecule has 1 N–H and O–H groups in total. The number of nitrogens with zero attached hydrogens (tertiary/aromatic N) is 2. The molecule has 1 saturated heterocycles. The summed E-state index contributed by atoms with van der Waals surface area (Å²) in [4.78, 5) is 28.6. The van der Waals surface area contributed by atoms with Crippen molar-refractivity contribution in [2.24, 2.45) is 0 Å². The average molecular weight is 392 g/mol. The molecular formula is C21H32N2O5. The number of ether oxygens (including phenoxy) is 2. The van der Waals surface area contributed by atoms with Crippen molar-refractivity contribution < 1.29 is 24.2 Å². The monoisotopic (exact) mass is 392 g/mol. The lowest BCUT2D eigenvalue weighted by Gasteiger charge is -2.42. The van der Waals surface area contributed by atoms with Gasteiger partial charge in [-0.2, -0.15) is 0 Å². The molecule has 1 aromatic rings. The number of anilines is 1. The van der Waals surface area contributed by atoms with Crippen LogP contribution in [0.2, 0.25) is 0 Å². The van der Waals surface area contributed by atoms with E-state index in [0.29, 0.717) is 25.8 Å². The fourth-order valence-corrected chi connectivity index (χ4v) is 3.82. The summed E-state index contributed by atoms with van der Waals surface area (Å²) in [5, 5.41) is 9.89. The molecule has 0 radical (unpaired) electrons. The molecule has 2 atom stereocenters. The van der Waals surface area contributed by atoms with Crippen LogP contribution in [-0.4, -0.2) is 61.1 Å². The molecule has 1 aromatic carbocycles. The highest BCUT2D eigenvalue weighted by Crippen LogP contribution is 2.29. The van der Waals surface area contributed by atoms with Gasteiger partial charge in [-0.3, -0.25) is 9.69 Å². The van der Waals surface area contributed by atoms with Crippen LogP contribution in [0.25, 0.3) is 0 Å². The van der Waals surface area contributed by atoms with Gasteiger partial charge in [-0.05, 0) is 37.8 Å². The van der Waals surface area contributed by atoms with E-state index in [4.69, 9.17) is 9.47 Å². The molecule has 1 aliphatic heterocycles. The number of para-hydroxylation sites is 1. The van der Waals surface area contributed by atoms with Crippen LogP contribution < -0.4 is 4.90 Å². The lowest BCUT2D eigenvalue weighted by atomic mass is 9.92. The molecule has 2 unspecified atom stereocenters. The van der Waals surface area contributed by atoms with Gasteiger partial charge in [-0.15, -0.1) is 0 Å². The molecule has 7 heteroatoms. The lowest BCUT2D eigenvalue weighted by Crippen LogP contribution is -2.57. The van der Waals surface area contributed by atoms with E-state index in [-0.39, 0.29) is 11.9 Å². The van der Waals surface area contributed by atoms with Gasteiger partial charge in [0.25, 0.3) is 0 Å². The Kier molecular flexibility index (Phi) is 8.73. The van der Waals surface area contributed by atoms with Gasteiger partial charge in [0.05, 0.1) is 0 Å². The minimum atomic E-state index is -1.07. The van der Waals surface area contributed by atoms with E-state index in [9.17, 15) is 14.7 Å². The van der Waals surface area contributed by atoms with E-state index in [0.717, 1.165) is 24.9 Å². The number of piperidine rings is 1. The zero-order valence-electron chi connectivity index (χ0n) is 17.0. The second-order valence-electron chi connectivity index (χ2n) is 7.11. The highest BCUT2D eigenvalue weighted by atomic mass is 16.7. The van der Waals surface area contributed by atoms with Crippen LogP contribution in [0.5, 0.6) is 0 Å². The number of likely N-dealkylation sites (tertiary alicyclic amines) is 1. The first kappa shape index (κ1) is 22.2.